The van der Waals surface area contributed by atoms with Gasteiger partial charge in [-0.2, -0.15) is 0 Å². The van der Waals surface area contributed by atoms with Crippen molar-refractivity contribution in [3.63, 3.8) is 0 Å². The predicted molar refractivity (Wildman–Crippen MR) is 114 cm³/mol. The standard InChI is InChI=1S/C23H45NO3/c1-17(2)20(4,5)16-21(6,7)19(26)24-22(8,9)14-15-27-23(10,11)13-12-18(3)25/h17H,12-16H2,1-11H3,(H,24,26). The van der Waals surface area contributed by atoms with Gasteiger partial charge in [-0.05, 0) is 65.2 Å². The minimum absolute atomic E-state index is 0.0945. The summed E-state index contributed by atoms with van der Waals surface area (Å²) in [6, 6.07) is 0. The molecule has 0 spiro atoms. The number of nitrogens with one attached hydrogen (secondary N) is 1. The lowest BCUT2D eigenvalue weighted by Crippen LogP contribution is -2.50. The zero-order valence-electron chi connectivity index (χ0n) is 19.8. The molecule has 0 saturated heterocycles. The third-order valence-electron chi connectivity index (χ3n) is 5.83. The van der Waals surface area contributed by atoms with Crippen LogP contribution in [-0.4, -0.2) is 29.4 Å². The fourth-order valence-corrected chi connectivity index (χ4v) is 3.09. The van der Waals surface area contributed by atoms with Gasteiger partial charge in [0.2, 0.25) is 5.91 Å². The van der Waals surface area contributed by atoms with Crippen LogP contribution in [0.5, 0.6) is 0 Å². The molecule has 27 heavy (non-hydrogen) atoms. The molecule has 0 heterocycles. The summed E-state index contributed by atoms with van der Waals surface area (Å²) in [7, 11) is 0. The summed E-state index contributed by atoms with van der Waals surface area (Å²) in [5, 5.41) is 3.22. The van der Waals surface area contributed by atoms with Crippen molar-refractivity contribution in [2.24, 2.45) is 16.7 Å². The summed E-state index contributed by atoms with van der Waals surface area (Å²) in [6.07, 6.45) is 2.82. The molecular formula is C23H45NO3. The number of ether oxygens (including phenoxy) is 1. The van der Waals surface area contributed by atoms with Crippen LogP contribution in [0.4, 0.5) is 0 Å². The molecule has 0 aromatic rings. The highest BCUT2D eigenvalue weighted by Crippen LogP contribution is 2.39. The van der Waals surface area contributed by atoms with Crippen molar-refractivity contribution in [2.45, 2.75) is 113 Å². The molecule has 0 aliphatic carbocycles. The predicted octanol–water partition coefficient (Wildman–Crippen LogP) is 5.53. The van der Waals surface area contributed by atoms with E-state index in [9.17, 15) is 9.59 Å². The molecule has 0 bridgehead atoms. The van der Waals surface area contributed by atoms with Crippen molar-refractivity contribution >= 4 is 11.7 Å². The second-order valence-corrected chi connectivity index (χ2v) is 11.1. The topological polar surface area (TPSA) is 55.4 Å². The van der Waals surface area contributed by atoms with Crippen LogP contribution in [0.1, 0.15) is 102 Å². The Kier molecular flexibility index (Phi) is 9.22. The molecule has 0 fully saturated rings. The van der Waals surface area contributed by atoms with Crippen molar-refractivity contribution in [2.75, 3.05) is 6.61 Å². The maximum Gasteiger partial charge on any atom is 0.226 e. The maximum atomic E-state index is 12.9. The van der Waals surface area contributed by atoms with Gasteiger partial charge in [0.05, 0.1) is 5.60 Å². The highest BCUT2D eigenvalue weighted by molar-refractivity contribution is 5.82. The summed E-state index contributed by atoms with van der Waals surface area (Å²) < 4.78 is 5.99. The van der Waals surface area contributed by atoms with E-state index in [2.05, 4.69) is 33.0 Å². The van der Waals surface area contributed by atoms with Crippen LogP contribution >= 0.6 is 0 Å². The van der Waals surface area contributed by atoms with Crippen LogP contribution in [0.25, 0.3) is 0 Å². The minimum Gasteiger partial charge on any atom is -0.375 e. The Morgan fingerprint density at radius 3 is 1.89 bits per heavy atom. The van der Waals surface area contributed by atoms with Gasteiger partial charge in [0, 0.05) is 24.0 Å². The summed E-state index contributed by atoms with van der Waals surface area (Å²) in [5.74, 6) is 0.797. The molecule has 0 rings (SSSR count). The number of hydrogen-bond donors (Lipinski definition) is 1. The lowest BCUT2D eigenvalue weighted by Gasteiger charge is -2.39. The monoisotopic (exact) mass is 383 g/mol. The quantitative estimate of drug-likeness (QED) is 0.482. The molecule has 4 heteroatoms. The molecule has 1 amide bonds. The Labute approximate surface area is 168 Å². The Hall–Kier alpha value is -0.900. The van der Waals surface area contributed by atoms with Gasteiger partial charge in [-0.25, -0.2) is 0 Å². The average Bonchev–Trinajstić information content (AvgIpc) is 2.43. The van der Waals surface area contributed by atoms with Gasteiger partial charge in [0.1, 0.15) is 5.78 Å². The molecule has 1 N–H and O–H groups in total. The van der Waals surface area contributed by atoms with Crippen molar-refractivity contribution < 1.29 is 14.3 Å². The zero-order valence-corrected chi connectivity index (χ0v) is 19.8. The SMILES string of the molecule is CC(=O)CCC(C)(C)OCCC(C)(C)NC(=O)C(C)(C)CC(C)(C)C(C)C. The van der Waals surface area contributed by atoms with Crippen LogP contribution in [0, 0.1) is 16.7 Å². The smallest absolute Gasteiger partial charge is 0.226 e. The summed E-state index contributed by atoms with van der Waals surface area (Å²) in [4.78, 5) is 24.1. The molecule has 0 aliphatic rings. The lowest BCUT2D eigenvalue weighted by molar-refractivity contribution is -0.133. The van der Waals surface area contributed by atoms with Crippen molar-refractivity contribution in [1.82, 2.24) is 5.32 Å². The van der Waals surface area contributed by atoms with Gasteiger partial charge in [-0.1, -0.05) is 41.5 Å². The Balaban J connectivity index is 4.68. The van der Waals surface area contributed by atoms with Crippen molar-refractivity contribution in [3.05, 3.63) is 0 Å². The van der Waals surface area contributed by atoms with E-state index in [4.69, 9.17) is 4.74 Å². The summed E-state index contributed by atoms with van der Waals surface area (Å²) in [5.41, 5.74) is -0.985. The van der Waals surface area contributed by atoms with Crippen LogP contribution in [0.3, 0.4) is 0 Å². The fourth-order valence-electron chi connectivity index (χ4n) is 3.09. The molecular weight excluding hydrogens is 338 g/mol. The van der Waals surface area contributed by atoms with Gasteiger partial charge < -0.3 is 14.8 Å². The van der Waals surface area contributed by atoms with Gasteiger partial charge in [0.15, 0.2) is 0 Å². The van der Waals surface area contributed by atoms with Gasteiger partial charge in [-0.3, -0.25) is 4.79 Å². The van der Waals surface area contributed by atoms with E-state index >= 15 is 0 Å². The van der Waals surface area contributed by atoms with E-state index < -0.39 is 5.41 Å². The van der Waals surface area contributed by atoms with Gasteiger partial charge >= 0.3 is 0 Å². The molecule has 0 radical (unpaired) electrons. The highest BCUT2D eigenvalue weighted by atomic mass is 16.5. The molecule has 0 saturated carbocycles. The number of rotatable bonds is 12. The molecule has 0 aromatic heterocycles. The van der Waals surface area contributed by atoms with E-state index in [1.165, 1.54) is 0 Å². The number of hydrogen-bond acceptors (Lipinski definition) is 3. The zero-order chi connectivity index (χ0) is 21.7. The first-order valence-electron chi connectivity index (χ1n) is 10.4. The maximum absolute atomic E-state index is 12.9. The van der Waals surface area contributed by atoms with Gasteiger partial charge in [0.25, 0.3) is 0 Å². The normalized spacial score (nSPS) is 13.8. The van der Waals surface area contributed by atoms with Crippen LogP contribution < -0.4 is 5.32 Å². The van der Waals surface area contributed by atoms with Crippen molar-refractivity contribution in [3.8, 4) is 0 Å². The van der Waals surface area contributed by atoms with E-state index in [0.717, 1.165) is 12.8 Å². The second-order valence-electron chi connectivity index (χ2n) is 11.1. The summed E-state index contributed by atoms with van der Waals surface area (Å²) >= 11 is 0. The molecule has 4 nitrogen and oxygen atoms in total. The van der Waals surface area contributed by atoms with Crippen LogP contribution in [0.15, 0.2) is 0 Å². The number of Topliss-reactive ketones (excluding diaryl/α,β-unsaturated/α-hetero) is 1. The largest absolute Gasteiger partial charge is 0.375 e. The molecule has 0 aliphatic heterocycles. The third kappa shape index (κ3) is 10.3. The summed E-state index contributed by atoms with van der Waals surface area (Å²) in [6.45, 7) is 23.2. The first kappa shape index (κ1) is 26.1. The molecule has 160 valence electrons. The second kappa shape index (κ2) is 9.54. The number of carbonyl (C=O) groups is 2. The molecule has 0 aromatic carbocycles. The number of carbonyl (C=O) groups excluding carboxylic acids is 2. The minimum atomic E-state index is -0.424. The average molecular weight is 384 g/mol. The van der Waals surface area contributed by atoms with Crippen LogP contribution in [-0.2, 0) is 14.3 Å². The fraction of sp³-hybridized carbons (Fsp3) is 0.913. The van der Waals surface area contributed by atoms with E-state index in [0.29, 0.717) is 25.4 Å². The molecule has 0 atom stereocenters. The Morgan fingerprint density at radius 2 is 1.44 bits per heavy atom. The van der Waals surface area contributed by atoms with Crippen molar-refractivity contribution in [1.29, 1.82) is 0 Å². The van der Waals surface area contributed by atoms with E-state index in [1.807, 2.05) is 41.5 Å². The first-order valence-corrected chi connectivity index (χ1v) is 10.4. The van der Waals surface area contributed by atoms with E-state index in [1.54, 1.807) is 6.92 Å². The number of ketones is 1. The first-order chi connectivity index (χ1) is 11.9. The lowest BCUT2D eigenvalue weighted by atomic mass is 9.69. The van der Waals surface area contributed by atoms with Crippen LogP contribution in [0.2, 0.25) is 0 Å². The Bertz CT molecular complexity index is 502. The highest BCUT2D eigenvalue weighted by Gasteiger charge is 2.38. The van der Waals surface area contributed by atoms with Gasteiger partial charge in [-0.15, -0.1) is 0 Å². The Morgan fingerprint density at radius 1 is 0.926 bits per heavy atom. The molecule has 0 unspecified atom stereocenters. The number of amides is 1. The van der Waals surface area contributed by atoms with E-state index in [-0.39, 0.29) is 28.2 Å². The third-order valence-corrected chi connectivity index (χ3v) is 5.83.